The number of anilines is 3. The molecule has 0 aliphatic rings. The smallest absolute Gasteiger partial charge is 0.343 e. The van der Waals surface area contributed by atoms with Crippen LogP contribution in [0, 0.1) is 0 Å². The fourth-order valence-electron chi connectivity index (χ4n) is 1.48. The number of esters is 1. The second kappa shape index (κ2) is 6.21. The van der Waals surface area contributed by atoms with Gasteiger partial charge in [0.05, 0.1) is 6.61 Å². The minimum Gasteiger partial charge on any atom is -0.462 e. The molecular formula is C13H13ClN4O2. The normalized spacial score (nSPS) is 10.1. The second-order valence-corrected chi connectivity index (χ2v) is 4.28. The third kappa shape index (κ3) is 3.36. The van der Waals surface area contributed by atoms with Crippen molar-refractivity contribution in [1.82, 2.24) is 9.97 Å². The molecule has 0 atom stereocenters. The standard InChI is InChI=1S/C13H13ClN4O2/c1-2-20-12(19)10-7-16-13(18-11(10)15)17-9-5-3-8(14)4-6-9/h3-7H,2H2,1H3,(H3,15,16,17,18). The average Bonchev–Trinajstić information content (AvgIpc) is 2.42. The van der Waals surface area contributed by atoms with Crippen molar-refractivity contribution in [1.29, 1.82) is 0 Å². The Morgan fingerprint density at radius 2 is 2.10 bits per heavy atom. The first-order chi connectivity index (χ1) is 9.60. The minimum absolute atomic E-state index is 0.0647. The molecule has 7 heteroatoms. The molecule has 3 N–H and O–H groups in total. The SMILES string of the molecule is CCOC(=O)c1cnc(Nc2ccc(Cl)cc2)nc1N. The summed E-state index contributed by atoms with van der Waals surface area (Å²) in [7, 11) is 0. The van der Waals surface area contributed by atoms with E-state index in [0.29, 0.717) is 5.02 Å². The molecule has 0 aliphatic heterocycles. The van der Waals surface area contributed by atoms with Gasteiger partial charge in [-0.05, 0) is 31.2 Å². The number of nitrogen functional groups attached to an aromatic ring is 1. The Kier molecular flexibility index (Phi) is 4.37. The Morgan fingerprint density at radius 3 is 2.70 bits per heavy atom. The zero-order chi connectivity index (χ0) is 14.5. The summed E-state index contributed by atoms with van der Waals surface area (Å²) in [6.07, 6.45) is 1.33. The largest absolute Gasteiger partial charge is 0.462 e. The lowest BCUT2D eigenvalue weighted by molar-refractivity contribution is 0.0527. The van der Waals surface area contributed by atoms with Crippen molar-refractivity contribution in [2.45, 2.75) is 6.92 Å². The third-order valence-electron chi connectivity index (χ3n) is 2.41. The zero-order valence-corrected chi connectivity index (χ0v) is 11.5. The Balaban J connectivity index is 2.16. The van der Waals surface area contributed by atoms with Crippen molar-refractivity contribution in [3.05, 3.63) is 41.0 Å². The van der Waals surface area contributed by atoms with Crippen LogP contribution in [0.2, 0.25) is 5.02 Å². The molecule has 0 aliphatic carbocycles. The van der Waals surface area contributed by atoms with E-state index in [0.717, 1.165) is 5.69 Å². The Morgan fingerprint density at radius 1 is 1.40 bits per heavy atom. The summed E-state index contributed by atoms with van der Waals surface area (Å²) in [5.74, 6) is -0.184. The van der Waals surface area contributed by atoms with Crippen LogP contribution >= 0.6 is 11.6 Å². The van der Waals surface area contributed by atoms with E-state index in [4.69, 9.17) is 22.1 Å². The zero-order valence-electron chi connectivity index (χ0n) is 10.8. The van der Waals surface area contributed by atoms with E-state index in [1.54, 1.807) is 31.2 Å². The number of ether oxygens (including phenoxy) is 1. The highest BCUT2D eigenvalue weighted by molar-refractivity contribution is 6.30. The summed E-state index contributed by atoms with van der Waals surface area (Å²) < 4.78 is 4.85. The van der Waals surface area contributed by atoms with Gasteiger partial charge < -0.3 is 15.8 Å². The third-order valence-corrected chi connectivity index (χ3v) is 2.67. The van der Waals surface area contributed by atoms with E-state index in [1.165, 1.54) is 6.20 Å². The van der Waals surface area contributed by atoms with Crippen LogP contribution in [-0.4, -0.2) is 22.5 Å². The molecule has 0 saturated carbocycles. The van der Waals surface area contributed by atoms with Gasteiger partial charge in [-0.2, -0.15) is 4.98 Å². The summed E-state index contributed by atoms with van der Waals surface area (Å²) in [4.78, 5) is 19.6. The quantitative estimate of drug-likeness (QED) is 0.842. The van der Waals surface area contributed by atoms with E-state index in [1.807, 2.05) is 0 Å². The highest BCUT2D eigenvalue weighted by atomic mass is 35.5. The van der Waals surface area contributed by atoms with Gasteiger partial charge in [-0.1, -0.05) is 11.6 Å². The summed E-state index contributed by atoms with van der Waals surface area (Å²) in [5.41, 5.74) is 6.63. The second-order valence-electron chi connectivity index (χ2n) is 3.84. The molecule has 0 radical (unpaired) electrons. The molecule has 0 unspecified atom stereocenters. The summed E-state index contributed by atoms with van der Waals surface area (Å²) in [6.45, 7) is 1.98. The first-order valence-corrected chi connectivity index (χ1v) is 6.30. The molecule has 0 amide bonds. The van der Waals surface area contributed by atoms with Crippen LogP contribution in [0.25, 0.3) is 0 Å². The highest BCUT2D eigenvalue weighted by Crippen LogP contribution is 2.18. The molecule has 2 aromatic rings. The number of halogens is 1. The van der Waals surface area contributed by atoms with Gasteiger partial charge >= 0.3 is 5.97 Å². The van der Waals surface area contributed by atoms with Crippen molar-refractivity contribution in [2.24, 2.45) is 0 Å². The molecule has 1 heterocycles. The summed E-state index contributed by atoms with van der Waals surface area (Å²) >= 11 is 5.79. The first-order valence-electron chi connectivity index (χ1n) is 5.92. The fourth-order valence-corrected chi connectivity index (χ4v) is 1.61. The summed E-state index contributed by atoms with van der Waals surface area (Å²) in [5, 5.41) is 3.59. The molecule has 2 rings (SSSR count). The topological polar surface area (TPSA) is 90.1 Å². The maximum atomic E-state index is 11.6. The average molecular weight is 293 g/mol. The van der Waals surface area contributed by atoms with Gasteiger partial charge in [0, 0.05) is 16.9 Å². The number of nitrogens with one attached hydrogen (secondary N) is 1. The lowest BCUT2D eigenvalue weighted by Gasteiger charge is -2.08. The Hall–Kier alpha value is -2.34. The number of aromatic nitrogens is 2. The molecule has 0 bridgehead atoms. The van der Waals surface area contributed by atoms with Crippen LogP contribution < -0.4 is 11.1 Å². The number of rotatable bonds is 4. The number of nitrogens with two attached hydrogens (primary N) is 1. The van der Waals surface area contributed by atoms with Crippen molar-refractivity contribution in [3.63, 3.8) is 0 Å². The van der Waals surface area contributed by atoms with E-state index in [-0.39, 0.29) is 23.9 Å². The molecular weight excluding hydrogens is 280 g/mol. The van der Waals surface area contributed by atoms with E-state index in [9.17, 15) is 4.79 Å². The van der Waals surface area contributed by atoms with E-state index >= 15 is 0 Å². The van der Waals surface area contributed by atoms with Crippen LogP contribution in [0.3, 0.4) is 0 Å². The molecule has 1 aromatic heterocycles. The van der Waals surface area contributed by atoms with Gasteiger partial charge in [0.25, 0.3) is 0 Å². The number of nitrogens with zero attached hydrogens (tertiary/aromatic N) is 2. The number of hydrogen-bond acceptors (Lipinski definition) is 6. The Bertz CT molecular complexity index is 616. The molecule has 0 saturated heterocycles. The number of benzene rings is 1. The first kappa shape index (κ1) is 14.1. The van der Waals surface area contributed by atoms with Crippen molar-refractivity contribution in [3.8, 4) is 0 Å². The van der Waals surface area contributed by atoms with Crippen LogP contribution in [0.15, 0.2) is 30.5 Å². The Labute approximate surface area is 120 Å². The molecule has 6 nitrogen and oxygen atoms in total. The molecule has 0 spiro atoms. The lowest BCUT2D eigenvalue weighted by atomic mass is 10.3. The predicted molar refractivity (Wildman–Crippen MR) is 77.1 cm³/mol. The summed E-state index contributed by atoms with van der Waals surface area (Å²) in [6, 6.07) is 7.03. The molecule has 104 valence electrons. The number of hydrogen-bond donors (Lipinski definition) is 2. The minimum atomic E-state index is -0.539. The van der Waals surface area contributed by atoms with Gasteiger partial charge in [-0.3, -0.25) is 0 Å². The van der Waals surface area contributed by atoms with Gasteiger partial charge in [-0.25, -0.2) is 9.78 Å². The maximum Gasteiger partial charge on any atom is 0.343 e. The molecule has 0 fully saturated rings. The number of carbonyl (C=O) groups is 1. The highest BCUT2D eigenvalue weighted by Gasteiger charge is 2.13. The van der Waals surface area contributed by atoms with Gasteiger partial charge in [0.15, 0.2) is 0 Å². The van der Waals surface area contributed by atoms with Crippen molar-refractivity contribution < 1.29 is 9.53 Å². The van der Waals surface area contributed by atoms with Crippen LogP contribution in [0.4, 0.5) is 17.5 Å². The fraction of sp³-hybridized carbons (Fsp3) is 0.154. The maximum absolute atomic E-state index is 11.6. The molecule has 20 heavy (non-hydrogen) atoms. The van der Waals surface area contributed by atoms with Crippen LogP contribution in [0.5, 0.6) is 0 Å². The van der Waals surface area contributed by atoms with E-state index < -0.39 is 5.97 Å². The predicted octanol–water partition coefficient (Wildman–Crippen LogP) is 2.63. The van der Waals surface area contributed by atoms with Gasteiger partial charge in [0.1, 0.15) is 11.4 Å². The van der Waals surface area contributed by atoms with Gasteiger partial charge in [-0.15, -0.1) is 0 Å². The number of carbonyl (C=O) groups excluding carboxylic acids is 1. The van der Waals surface area contributed by atoms with Crippen molar-refractivity contribution >= 4 is 35.0 Å². The monoisotopic (exact) mass is 292 g/mol. The van der Waals surface area contributed by atoms with Crippen LogP contribution in [-0.2, 0) is 4.74 Å². The van der Waals surface area contributed by atoms with Gasteiger partial charge in [0.2, 0.25) is 5.95 Å². The van der Waals surface area contributed by atoms with E-state index in [2.05, 4.69) is 15.3 Å². The van der Waals surface area contributed by atoms with Crippen molar-refractivity contribution in [2.75, 3.05) is 17.7 Å². The molecule has 1 aromatic carbocycles. The van der Waals surface area contributed by atoms with Crippen LogP contribution in [0.1, 0.15) is 17.3 Å². The lowest BCUT2D eigenvalue weighted by Crippen LogP contribution is -2.11.